The lowest BCUT2D eigenvalue weighted by molar-refractivity contribution is -0.395. The molecule has 24 heavy (non-hydrogen) atoms. The van der Waals surface area contributed by atoms with Crippen molar-refractivity contribution in [3.05, 3.63) is 76.9 Å². The van der Waals surface area contributed by atoms with Crippen molar-refractivity contribution in [3.8, 4) is 11.1 Å². The molecule has 0 atom stereocenters. The van der Waals surface area contributed by atoms with E-state index in [1.165, 1.54) is 0 Å². The van der Waals surface area contributed by atoms with Crippen LogP contribution in [-0.2, 0) is 0 Å². The summed E-state index contributed by atoms with van der Waals surface area (Å²) in [6.45, 7) is 0. The van der Waals surface area contributed by atoms with Crippen LogP contribution < -0.4 is 0 Å². The Balaban J connectivity index is 2.90. The van der Waals surface area contributed by atoms with Gasteiger partial charge in [-0.3, -0.25) is 40.5 Å². The average molecular weight is 333 g/mol. The number of nitrogens with zero attached hydrogens (tertiary/aromatic N) is 4. The smallest absolute Gasteiger partial charge is 0.258 e. The molecule has 1 radical (unpaired) electrons. The molecule has 0 aliphatic rings. The summed E-state index contributed by atoms with van der Waals surface area (Å²) in [5.74, 6) is 0. The molecule has 12 nitrogen and oxygen atoms in total. The van der Waals surface area contributed by atoms with Crippen LogP contribution in [-0.4, -0.2) is 19.7 Å². The van der Waals surface area contributed by atoms with Gasteiger partial charge in [0.25, 0.3) is 22.7 Å². The van der Waals surface area contributed by atoms with Gasteiger partial charge in [-0.15, -0.1) is 0 Å². The van der Waals surface area contributed by atoms with Gasteiger partial charge >= 0.3 is 0 Å². The summed E-state index contributed by atoms with van der Waals surface area (Å²) in [6.07, 6.45) is 0. The Morgan fingerprint density at radius 1 is 0.750 bits per heavy atom. The minimum Gasteiger partial charge on any atom is -0.258 e. The van der Waals surface area contributed by atoms with Crippen molar-refractivity contribution in [1.82, 2.24) is 0 Å². The zero-order valence-electron chi connectivity index (χ0n) is 11.4. The van der Waals surface area contributed by atoms with E-state index in [2.05, 4.69) is 6.07 Å². The van der Waals surface area contributed by atoms with Crippen LogP contribution in [0, 0.1) is 46.5 Å². The summed E-state index contributed by atoms with van der Waals surface area (Å²) in [5.41, 5.74) is -4.22. The predicted octanol–water partition coefficient (Wildman–Crippen LogP) is 2.79. The Labute approximate surface area is 131 Å². The van der Waals surface area contributed by atoms with Crippen LogP contribution in [0.15, 0.2) is 30.3 Å². The van der Waals surface area contributed by atoms with Crippen molar-refractivity contribution in [1.29, 1.82) is 0 Å². The molecular weight excluding hydrogens is 328 g/mol. The van der Waals surface area contributed by atoms with Crippen LogP contribution in [0.5, 0.6) is 0 Å². The van der Waals surface area contributed by atoms with Gasteiger partial charge in [0.1, 0.15) is 5.56 Å². The number of nitro groups is 4. The van der Waals surface area contributed by atoms with Gasteiger partial charge in [-0.1, -0.05) is 0 Å². The Kier molecular flexibility index (Phi) is 4.13. The Morgan fingerprint density at radius 3 is 1.88 bits per heavy atom. The van der Waals surface area contributed by atoms with Crippen LogP contribution in [0.3, 0.4) is 0 Å². The lowest BCUT2D eigenvalue weighted by atomic mass is 9.99. The molecule has 0 aliphatic heterocycles. The predicted molar refractivity (Wildman–Crippen MR) is 77.3 cm³/mol. The van der Waals surface area contributed by atoms with E-state index >= 15 is 0 Å². The van der Waals surface area contributed by atoms with E-state index in [9.17, 15) is 40.5 Å². The third-order valence-electron chi connectivity index (χ3n) is 2.99. The third-order valence-corrected chi connectivity index (χ3v) is 2.99. The zero-order chi connectivity index (χ0) is 18.0. The van der Waals surface area contributed by atoms with E-state index in [0.717, 1.165) is 24.3 Å². The van der Waals surface area contributed by atoms with Crippen LogP contribution in [0.2, 0.25) is 0 Å². The third kappa shape index (κ3) is 2.83. The summed E-state index contributed by atoms with van der Waals surface area (Å²) >= 11 is 0. The number of hydrogen-bond acceptors (Lipinski definition) is 8. The molecule has 2 aromatic rings. The SMILES string of the molecule is O=[N+]([O-])c1ccc(-c2c([N+](=O)[O-])[c]ccc2[N+](=O)[O-])c([N+](=O)[O-])c1. The summed E-state index contributed by atoms with van der Waals surface area (Å²) in [7, 11) is 0. The van der Waals surface area contributed by atoms with E-state index in [1.807, 2.05) is 0 Å². The standard InChI is InChI=1S/C12H5N4O8/c17-13(18)7-4-5-8(11(6-7)16(23)24)12-9(14(19)20)2-1-3-10(12)15(21)22/h1-2,4-6H. The maximum absolute atomic E-state index is 11.2. The molecular formula is C12H5N4O8. The number of benzene rings is 2. The molecule has 0 unspecified atom stereocenters. The lowest BCUT2D eigenvalue weighted by Crippen LogP contribution is -2.01. The first-order valence-corrected chi connectivity index (χ1v) is 6.00. The lowest BCUT2D eigenvalue weighted by Gasteiger charge is -2.05. The highest BCUT2D eigenvalue weighted by Crippen LogP contribution is 2.42. The van der Waals surface area contributed by atoms with Crippen molar-refractivity contribution >= 4 is 22.7 Å². The van der Waals surface area contributed by atoms with E-state index in [4.69, 9.17) is 0 Å². The summed E-state index contributed by atoms with van der Waals surface area (Å²) in [6, 6.07) is 6.32. The summed E-state index contributed by atoms with van der Waals surface area (Å²) in [4.78, 5) is 40.3. The fraction of sp³-hybridized carbons (Fsp3) is 0. The fourth-order valence-corrected chi connectivity index (χ4v) is 2.03. The molecule has 0 aromatic heterocycles. The molecule has 0 bridgehead atoms. The van der Waals surface area contributed by atoms with Gasteiger partial charge in [-0.05, 0) is 12.1 Å². The number of hydrogen-bond donors (Lipinski definition) is 0. The highest BCUT2D eigenvalue weighted by Gasteiger charge is 2.32. The Bertz CT molecular complexity index is 862. The molecule has 2 aromatic carbocycles. The largest absolute Gasteiger partial charge is 0.292 e. The Hall–Kier alpha value is -3.96. The highest BCUT2D eigenvalue weighted by molar-refractivity contribution is 5.87. The monoisotopic (exact) mass is 333 g/mol. The van der Waals surface area contributed by atoms with E-state index in [-0.39, 0.29) is 0 Å². The second-order valence-electron chi connectivity index (χ2n) is 4.32. The highest BCUT2D eigenvalue weighted by atomic mass is 16.6. The molecule has 121 valence electrons. The zero-order valence-corrected chi connectivity index (χ0v) is 11.4. The maximum Gasteiger partial charge on any atom is 0.292 e. The molecule has 0 N–H and O–H groups in total. The first kappa shape index (κ1) is 16.4. The van der Waals surface area contributed by atoms with Gasteiger partial charge in [-0.25, -0.2) is 0 Å². The van der Waals surface area contributed by atoms with E-state index in [0.29, 0.717) is 6.07 Å². The first-order valence-electron chi connectivity index (χ1n) is 6.00. The van der Waals surface area contributed by atoms with Gasteiger partial charge in [0.15, 0.2) is 0 Å². The minimum absolute atomic E-state index is 0.485. The van der Waals surface area contributed by atoms with Crippen LogP contribution >= 0.6 is 0 Å². The van der Waals surface area contributed by atoms with Crippen molar-refractivity contribution in [2.75, 3.05) is 0 Å². The second kappa shape index (κ2) is 6.04. The molecule has 0 aliphatic carbocycles. The quantitative estimate of drug-likeness (QED) is 0.593. The second-order valence-corrected chi connectivity index (χ2v) is 4.32. The minimum atomic E-state index is -1.01. The van der Waals surface area contributed by atoms with Crippen LogP contribution in [0.1, 0.15) is 0 Å². The van der Waals surface area contributed by atoms with Crippen LogP contribution in [0.25, 0.3) is 11.1 Å². The number of rotatable bonds is 5. The van der Waals surface area contributed by atoms with Crippen molar-refractivity contribution < 1.29 is 19.7 Å². The van der Waals surface area contributed by atoms with Crippen LogP contribution in [0.4, 0.5) is 22.7 Å². The Morgan fingerprint density at radius 2 is 1.38 bits per heavy atom. The molecule has 0 spiro atoms. The summed E-state index contributed by atoms with van der Waals surface area (Å²) in [5, 5.41) is 44.1. The molecule has 0 saturated heterocycles. The van der Waals surface area contributed by atoms with E-state index < -0.39 is 53.6 Å². The molecule has 2 rings (SSSR count). The molecule has 0 saturated carbocycles. The molecule has 0 fully saturated rings. The number of non-ortho nitro benzene ring substituents is 1. The molecule has 0 amide bonds. The van der Waals surface area contributed by atoms with Crippen molar-refractivity contribution in [3.63, 3.8) is 0 Å². The topological polar surface area (TPSA) is 173 Å². The fourth-order valence-electron chi connectivity index (χ4n) is 2.03. The van der Waals surface area contributed by atoms with Gasteiger partial charge in [0.05, 0.1) is 37.4 Å². The van der Waals surface area contributed by atoms with Crippen molar-refractivity contribution in [2.24, 2.45) is 0 Å². The number of nitro benzene ring substituents is 4. The van der Waals surface area contributed by atoms with Gasteiger partial charge in [0.2, 0.25) is 0 Å². The average Bonchev–Trinajstić information content (AvgIpc) is 2.53. The molecule has 0 heterocycles. The van der Waals surface area contributed by atoms with Gasteiger partial charge < -0.3 is 0 Å². The van der Waals surface area contributed by atoms with Gasteiger partial charge in [-0.2, -0.15) is 0 Å². The normalized spacial score (nSPS) is 10.2. The van der Waals surface area contributed by atoms with Crippen molar-refractivity contribution in [2.45, 2.75) is 0 Å². The maximum atomic E-state index is 11.2. The molecule has 12 heteroatoms. The summed E-state index contributed by atoms with van der Waals surface area (Å²) < 4.78 is 0. The van der Waals surface area contributed by atoms with E-state index in [1.54, 1.807) is 0 Å². The van der Waals surface area contributed by atoms with Gasteiger partial charge in [0, 0.05) is 12.1 Å². The first-order chi connectivity index (χ1) is 11.2.